The van der Waals surface area contributed by atoms with Crippen LogP contribution in [0.2, 0.25) is 0 Å². The Bertz CT molecular complexity index is 1100. The molecule has 0 aliphatic carbocycles. The Balaban J connectivity index is 1.43. The SMILES string of the molecule is CC(c1cccc(NC(=O)c2ccccc2)c1)N(C)C(=O)c1ccc(C2SCCCS2)cc1. The second kappa shape index (κ2) is 10.9. The molecule has 0 aromatic heterocycles. The number of carbonyl (C=O) groups excluding carboxylic acids is 2. The first-order chi connectivity index (χ1) is 16.0. The van der Waals surface area contributed by atoms with Crippen LogP contribution in [0.1, 0.15) is 55.8 Å². The number of amides is 2. The lowest BCUT2D eigenvalue weighted by Crippen LogP contribution is -2.29. The summed E-state index contributed by atoms with van der Waals surface area (Å²) in [4.78, 5) is 27.4. The van der Waals surface area contributed by atoms with Crippen LogP contribution in [0.25, 0.3) is 0 Å². The molecule has 4 rings (SSSR count). The highest BCUT2D eigenvalue weighted by Gasteiger charge is 2.21. The predicted molar refractivity (Wildman–Crippen MR) is 140 cm³/mol. The molecule has 1 aliphatic heterocycles. The van der Waals surface area contributed by atoms with Crippen LogP contribution in [0.15, 0.2) is 78.9 Å². The highest BCUT2D eigenvalue weighted by molar-refractivity contribution is 8.16. The van der Waals surface area contributed by atoms with E-state index >= 15 is 0 Å². The van der Waals surface area contributed by atoms with E-state index in [1.54, 1.807) is 17.0 Å². The van der Waals surface area contributed by atoms with Crippen LogP contribution in [0, 0.1) is 0 Å². The normalized spacial score (nSPS) is 15.0. The van der Waals surface area contributed by atoms with Crippen LogP contribution < -0.4 is 5.32 Å². The van der Waals surface area contributed by atoms with E-state index in [1.807, 2.05) is 92.1 Å². The molecule has 1 atom stereocenters. The van der Waals surface area contributed by atoms with Gasteiger partial charge in [0, 0.05) is 23.9 Å². The summed E-state index contributed by atoms with van der Waals surface area (Å²) in [6, 6.07) is 24.7. The number of hydrogen-bond donors (Lipinski definition) is 1. The molecular weight excluding hydrogens is 448 g/mol. The van der Waals surface area contributed by atoms with Gasteiger partial charge in [0.15, 0.2) is 0 Å². The van der Waals surface area contributed by atoms with Crippen molar-refractivity contribution in [3.8, 4) is 0 Å². The summed E-state index contributed by atoms with van der Waals surface area (Å²) in [7, 11) is 1.82. The Kier molecular flexibility index (Phi) is 7.78. The summed E-state index contributed by atoms with van der Waals surface area (Å²) in [5, 5.41) is 2.94. The number of hydrogen-bond acceptors (Lipinski definition) is 4. The minimum Gasteiger partial charge on any atom is -0.335 e. The molecule has 6 heteroatoms. The molecule has 1 saturated heterocycles. The third-order valence-corrected chi connectivity index (χ3v) is 8.84. The Morgan fingerprint density at radius 1 is 0.909 bits per heavy atom. The fourth-order valence-electron chi connectivity index (χ4n) is 3.74. The number of nitrogens with one attached hydrogen (secondary N) is 1. The molecule has 3 aromatic carbocycles. The maximum Gasteiger partial charge on any atom is 0.255 e. The summed E-state index contributed by atoms with van der Waals surface area (Å²) in [5.41, 5.74) is 4.24. The molecule has 1 aliphatic rings. The largest absolute Gasteiger partial charge is 0.335 e. The van der Waals surface area contributed by atoms with Crippen molar-refractivity contribution in [2.24, 2.45) is 0 Å². The van der Waals surface area contributed by atoms with E-state index < -0.39 is 0 Å². The third kappa shape index (κ3) is 5.81. The lowest BCUT2D eigenvalue weighted by molar-refractivity contribution is 0.0742. The third-order valence-electron chi connectivity index (χ3n) is 5.82. The average molecular weight is 477 g/mol. The van der Waals surface area contributed by atoms with Gasteiger partial charge in [-0.05, 0) is 72.4 Å². The van der Waals surface area contributed by atoms with Crippen molar-refractivity contribution in [2.75, 3.05) is 23.9 Å². The quantitative estimate of drug-likeness (QED) is 0.433. The van der Waals surface area contributed by atoms with Gasteiger partial charge in [0.05, 0.1) is 10.6 Å². The standard InChI is InChI=1S/C27H28N2O2S2/c1-19(23-10-6-11-24(18-23)28-25(30)20-8-4-3-5-9-20)29(2)26(31)21-12-14-22(15-13-21)27-32-16-7-17-33-27/h3-6,8-15,18-19,27H,7,16-17H2,1-2H3,(H,28,30). The maximum atomic E-state index is 13.1. The number of rotatable bonds is 6. The molecule has 0 spiro atoms. The van der Waals surface area contributed by atoms with Gasteiger partial charge in [0.2, 0.25) is 0 Å². The lowest BCUT2D eigenvalue weighted by atomic mass is 10.0. The zero-order valence-corrected chi connectivity index (χ0v) is 20.5. The molecule has 1 heterocycles. The molecule has 33 heavy (non-hydrogen) atoms. The number of carbonyl (C=O) groups is 2. The van der Waals surface area contributed by atoms with Gasteiger partial charge in [-0.25, -0.2) is 0 Å². The van der Waals surface area contributed by atoms with Gasteiger partial charge in [-0.2, -0.15) is 0 Å². The Morgan fingerprint density at radius 2 is 1.61 bits per heavy atom. The molecule has 2 amide bonds. The van der Waals surface area contributed by atoms with Gasteiger partial charge < -0.3 is 10.2 Å². The van der Waals surface area contributed by atoms with Gasteiger partial charge in [0.25, 0.3) is 11.8 Å². The summed E-state index contributed by atoms with van der Waals surface area (Å²) in [5.74, 6) is 2.23. The molecule has 170 valence electrons. The van der Waals surface area contributed by atoms with Crippen LogP contribution in [0.5, 0.6) is 0 Å². The van der Waals surface area contributed by atoms with Crippen LogP contribution >= 0.6 is 23.5 Å². The Morgan fingerprint density at radius 3 is 2.30 bits per heavy atom. The minimum absolute atomic E-state index is 0.0169. The van der Waals surface area contributed by atoms with E-state index in [9.17, 15) is 9.59 Å². The molecular formula is C27H28N2O2S2. The van der Waals surface area contributed by atoms with Crippen LogP contribution in [-0.2, 0) is 0 Å². The number of benzene rings is 3. The molecule has 1 N–H and O–H groups in total. The summed E-state index contributed by atoms with van der Waals surface area (Å²) >= 11 is 3.96. The van der Waals surface area contributed by atoms with Crippen molar-refractivity contribution < 1.29 is 9.59 Å². The topological polar surface area (TPSA) is 49.4 Å². The van der Waals surface area contributed by atoms with Gasteiger partial charge in [-0.1, -0.05) is 42.5 Å². The molecule has 0 radical (unpaired) electrons. The summed E-state index contributed by atoms with van der Waals surface area (Å²) in [6.07, 6.45) is 1.27. The Labute approximate surface area is 204 Å². The lowest BCUT2D eigenvalue weighted by Gasteiger charge is -2.26. The monoisotopic (exact) mass is 476 g/mol. The molecule has 1 fully saturated rings. The van der Waals surface area contributed by atoms with E-state index in [1.165, 1.54) is 23.5 Å². The summed E-state index contributed by atoms with van der Waals surface area (Å²) < 4.78 is 0.466. The molecule has 0 saturated carbocycles. The van der Waals surface area contributed by atoms with Crippen LogP contribution in [0.3, 0.4) is 0 Å². The van der Waals surface area contributed by atoms with E-state index in [4.69, 9.17) is 0 Å². The Hall–Kier alpha value is -2.70. The first-order valence-corrected chi connectivity index (χ1v) is 13.2. The predicted octanol–water partition coefficient (Wildman–Crippen LogP) is 6.64. The average Bonchev–Trinajstić information content (AvgIpc) is 2.88. The van der Waals surface area contributed by atoms with Crippen molar-refractivity contribution in [1.82, 2.24) is 4.90 Å². The van der Waals surface area contributed by atoms with Gasteiger partial charge >= 0.3 is 0 Å². The zero-order valence-electron chi connectivity index (χ0n) is 18.9. The fraction of sp³-hybridized carbons (Fsp3) is 0.259. The molecule has 1 unspecified atom stereocenters. The van der Waals surface area contributed by atoms with E-state index in [-0.39, 0.29) is 17.9 Å². The van der Waals surface area contributed by atoms with E-state index in [0.29, 0.717) is 21.4 Å². The first-order valence-electron chi connectivity index (χ1n) is 11.1. The highest BCUT2D eigenvalue weighted by Crippen LogP contribution is 2.43. The highest BCUT2D eigenvalue weighted by atomic mass is 32.2. The van der Waals surface area contributed by atoms with E-state index in [2.05, 4.69) is 17.4 Å². The van der Waals surface area contributed by atoms with Crippen LogP contribution in [0.4, 0.5) is 5.69 Å². The summed E-state index contributed by atoms with van der Waals surface area (Å²) in [6.45, 7) is 2.00. The van der Waals surface area contributed by atoms with Crippen molar-refractivity contribution in [3.63, 3.8) is 0 Å². The molecule has 4 nitrogen and oxygen atoms in total. The van der Waals surface area contributed by atoms with Gasteiger partial charge in [-0.3, -0.25) is 9.59 Å². The van der Waals surface area contributed by atoms with E-state index in [0.717, 1.165) is 5.56 Å². The first kappa shape index (κ1) is 23.5. The number of nitrogens with zero attached hydrogens (tertiary/aromatic N) is 1. The van der Waals surface area contributed by atoms with Gasteiger partial charge in [0.1, 0.15) is 0 Å². The fourth-order valence-corrected chi connectivity index (χ4v) is 6.63. The van der Waals surface area contributed by atoms with Crippen molar-refractivity contribution in [2.45, 2.75) is 24.0 Å². The second-order valence-corrected chi connectivity index (χ2v) is 10.8. The molecule has 0 bridgehead atoms. The van der Waals surface area contributed by atoms with Crippen molar-refractivity contribution in [1.29, 1.82) is 0 Å². The second-order valence-electron chi connectivity index (χ2n) is 8.09. The van der Waals surface area contributed by atoms with Crippen molar-refractivity contribution in [3.05, 3.63) is 101 Å². The van der Waals surface area contributed by atoms with Crippen molar-refractivity contribution >= 4 is 41.0 Å². The number of thioether (sulfide) groups is 2. The molecule has 3 aromatic rings. The van der Waals surface area contributed by atoms with Crippen LogP contribution in [-0.4, -0.2) is 35.3 Å². The maximum absolute atomic E-state index is 13.1. The smallest absolute Gasteiger partial charge is 0.255 e. The van der Waals surface area contributed by atoms with Gasteiger partial charge in [-0.15, -0.1) is 23.5 Å². The zero-order chi connectivity index (χ0) is 23.2. The minimum atomic E-state index is -0.154. The number of anilines is 1.